The van der Waals surface area contributed by atoms with Gasteiger partial charge in [-0.25, -0.2) is 4.39 Å². The highest BCUT2D eigenvalue weighted by molar-refractivity contribution is 6.31. The number of aromatic nitrogens is 1. The van der Waals surface area contributed by atoms with E-state index in [2.05, 4.69) is 0 Å². The van der Waals surface area contributed by atoms with Gasteiger partial charge in [0.15, 0.2) is 0 Å². The van der Waals surface area contributed by atoms with Gasteiger partial charge in [-0.3, -0.25) is 9.59 Å². The highest BCUT2D eigenvalue weighted by Gasteiger charge is 2.26. The minimum atomic E-state index is -0.550. The van der Waals surface area contributed by atoms with Gasteiger partial charge in [0.2, 0.25) is 0 Å². The van der Waals surface area contributed by atoms with Crippen LogP contribution in [0.15, 0.2) is 36.7 Å². The van der Waals surface area contributed by atoms with Gasteiger partial charge in [-0.1, -0.05) is 11.6 Å². The minimum absolute atomic E-state index is 0.0347. The zero-order valence-electron chi connectivity index (χ0n) is 13.2. The van der Waals surface area contributed by atoms with Gasteiger partial charge in [-0.2, -0.15) is 0 Å². The molecule has 0 saturated carbocycles. The molecule has 1 aromatic heterocycles. The van der Waals surface area contributed by atoms with Gasteiger partial charge >= 0.3 is 0 Å². The molecule has 126 valence electrons. The van der Waals surface area contributed by atoms with Crippen LogP contribution in [0.5, 0.6) is 0 Å². The van der Waals surface area contributed by atoms with Crippen molar-refractivity contribution in [3.05, 3.63) is 58.6 Å². The van der Waals surface area contributed by atoms with E-state index in [4.69, 9.17) is 11.6 Å². The Morgan fingerprint density at radius 3 is 2.08 bits per heavy atom. The molecule has 7 heteroatoms. The molecule has 0 N–H and O–H groups in total. The molecular formula is C17H17ClFN3O2. The van der Waals surface area contributed by atoms with E-state index < -0.39 is 5.82 Å². The second-order valence-corrected chi connectivity index (χ2v) is 6.19. The lowest BCUT2D eigenvalue weighted by Crippen LogP contribution is -2.50. The predicted octanol–water partition coefficient (Wildman–Crippen LogP) is 2.42. The van der Waals surface area contributed by atoms with Gasteiger partial charge in [-0.15, -0.1) is 0 Å². The van der Waals surface area contributed by atoms with E-state index in [1.54, 1.807) is 22.1 Å². The Labute approximate surface area is 144 Å². The van der Waals surface area contributed by atoms with Crippen molar-refractivity contribution in [3.8, 4) is 0 Å². The van der Waals surface area contributed by atoms with Crippen LogP contribution in [-0.4, -0.2) is 52.4 Å². The van der Waals surface area contributed by atoms with Crippen LogP contribution in [0, 0.1) is 5.82 Å². The Kier molecular flexibility index (Phi) is 4.57. The lowest BCUT2D eigenvalue weighted by atomic mass is 10.1. The number of benzene rings is 1. The summed E-state index contributed by atoms with van der Waals surface area (Å²) in [5, 5.41) is -0.0706. The van der Waals surface area contributed by atoms with Crippen LogP contribution in [-0.2, 0) is 7.05 Å². The molecular weight excluding hydrogens is 333 g/mol. The van der Waals surface area contributed by atoms with E-state index in [9.17, 15) is 14.0 Å². The molecule has 1 fully saturated rings. The van der Waals surface area contributed by atoms with E-state index in [0.29, 0.717) is 37.3 Å². The van der Waals surface area contributed by atoms with Crippen molar-refractivity contribution in [1.82, 2.24) is 14.4 Å². The molecule has 0 bridgehead atoms. The molecule has 1 aliphatic heterocycles. The maximum absolute atomic E-state index is 13.2. The lowest BCUT2D eigenvalue weighted by Gasteiger charge is -2.34. The van der Waals surface area contributed by atoms with Crippen molar-refractivity contribution < 1.29 is 14.0 Å². The summed E-state index contributed by atoms with van der Waals surface area (Å²) in [6, 6.07) is 5.72. The average Bonchev–Trinajstić information content (AvgIpc) is 3.02. The quantitative estimate of drug-likeness (QED) is 0.836. The van der Waals surface area contributed by atoms with Crippen LogP contribution in [0.25, 0.3) is 0 Å². The summed E-state index contributed by atoms with van der Waals surface area (Å²) in [5.41, 5.74) is 0.992. The Morgan fingerprint density at radius 1 is 1.00 bits per heavy atom. The SMILES string of the molecule is Cn1ccc(C(=O)N2CCN(C(=O)c3ccc(F)c(Cl)c3)CC2)c1. The van der Waals surface area contributed by atoms with Gasteiger partial charge in [0.1, 0.15) is 5.82 Å². The van der Waals surface area contributed by atoms with Crippen molar-refractivity contribution in [2.75, 3.05) is 26.2 Å². The van der Waals surface area contributed by atoms with Crippen molar-refractivity contribution >= 4 is 23.4 Å². The molecule has 0 aliphatic carbocycles. The fourth-order valence-electron chi connectivity index (χ4n) is 2.74. The largest absolute Gasteiger partial charge is 0.356 e. The van der Waals surface area contributed by atoms with Gasteiger partial charge in [0, 0.05) is 51.2 Å². The maximum Gasteiger partial charge on any atom is 0.255 e. The van der Waals surface area contributed by atoms with Crippen LogP contribution in [0.1, 0.15) is 20.7 Å². The average molecular weight is 350 g/mol. The summed E-state index contributed by atoms with van der Waals surface area (Å²) >= 11 is 5.73. The molecule has 24 heavy (non-hydrogen) atoms. The number of amides is 2. The van der Waals surface area contributed by atoms with Gasteiger partial charge in [-0.05, 0) is 24.3 Å². The number of halogens is 2. The number of hydrogen-bond donors (Lipinski definition) is 0. The van der Waals surface area contributed by atoms with Crippen LogP contribution in [0.2, 0.25) is 5.02 Å². The zero-order chi connectivity index (χ0) is 17.3. The smallest absolute Gasteiger partial charge is 0.255 e. The third-order valence-electron chi connectivity index (χ3n) is 4.10. The Balaban J connectivity index is 1.63. The minimum Gasteiger partial charge on any atom is -0.356 e. The number of nitrogens with zero attached hydrogens (tertiary/aromatic N) is 3. The highest BCUT2D eigenvalue weighted by atomic mass is 35.5. The lowest BCUT2D eigenvalue weighted by molar-refractivity contribution is 0.0535. The van der Waals surface area contributed by atoms with Crippen LogP contribution in [0.3, 0.4) is 0 Å². The molecule has 2 amide bonds. The summed E-state index contributed by atoms with van der Waals surface area (Å²) in [6.07, 6.45) is 3.60. The third-order valence-corrected chi connectivity index (χ3v) is 4.39. The Hall–Kier alpha value is -2.34. The molecule has 2 heterocycles. The summed E-state index contributed by atoms with van der Waals surface area (Å²) < 4.78 is 15.0. The molecule has 3 rings (SSSR count). The number of carbonyl (C=O) groups is 2. The molecule has 1 aromatic carbocycles. The third kappa shape index (κ3) is 3.28. The summed E-state index contributed by atoms with van der Waals surface area (Å²) in [6.45, 7) is 1.81. The topological polar surface area (TPSA) is 45.6 Å². The number of hydrogen-bond acceptors (Lipinski definition) is 2. The van der Waals surface area contributed by atoms with Crippen molar-refractivity contribution in [2.45, 2.75) is 0 Å². The number of aryl methyl sites for hydroxylation is 1. The van der Waals surface area contributed by atoms with E-state index >= 15 is 0 Å². The van der Waals surface area contributed by atoms with Crippen molar-refractivity contribution in [2.24, 2.45) is 7.05 Å². The Bertz CT molecular complexity index is 782. The second-order valence-electron chi connectivity index (χ2n) is 5.78. The molecule has 2 aromatic rings. The molecule has 1 saturated heterocycles. The second kappa shape index (κ2) is 6.65. The highest BCUT2D eigenvalue weighted by Crippen LogP contribution is 2.18. The van der Waals surface area contributed by atoms with Gasteiger partial charge in [0.25, 0.3) is 11.8 Å². The first-order valence-electron chi connectivity index (χ1n) is 7.61. The van der Waals surface area contributed by atoms with Crippen molar-refractivity contribution in [1.29, 1.82) is 0 Å². The number of rotatable bonds is 2. The number of piperazine rings is 1. The van der Waals surface area contributed by atoms with Crippen molar-refractivity contribution in [3.63, 3.8) is 0 Å². The fraction of sp³-hybridized carbons (Fsp3) is 0.294. The van der Waals surface area contributed by atoms with Crippen LogP contribution >= 0.6 is 11.6 Å². The van der Waals surface area contributed by atoms with Crippen LogP contribution < -0.4 is 0 Å². The number of carbonyl (C=O) groups excluding carboxylic acids is 2. The molecule has 0 radical (unpaired) electrons. The Morgan fingerprint density at radius 2 is 1.58 bits per heavy atom. The van der Waals surface area contributed by atoms with Gasteiger partial charge < -0.3 is 14.4 Å². The van der Waals surface area contributed by atoms with Gasteiger partial charge in [0.05, 0.1) is 10.6 Å². The normalized spacial score (nSPS) is 14.8. The van der Waals surface area contributed by atoms with E-state index in [1.165, 1.54) is 18.2 Å². The fourth-order valence-corrected chi connectivity index (χ4v) is 2.92. The molecule has 1 aliphatic rings. The molecule has 0 spiro atoms. The van der Waals surface area contributed by atoms with E-state index in [0.717, 1.165) is 0 Å². The summed E-state index contributed by atoms with van der Waals surface area (Å²) in [4.78, 5) is 28.2. The molecule has 0 atom stereocenters. The summed E-state index contributed by atoms with van der Waals surface area (Å²) in [5.74, 6) is -0.789. The first kappa shape index (κ1) is 16.5. The first-order chi connectivity index (χ1) is 11.5. The molecule has 0 unspecified atom stereocenters. The monoisotopic (exact) mass is 349 g/mol. The molecule has 5 nitrogen and oxygen atoms in total. The summed E-state index contributed by atoms with van der Waals surface area (Å²) in [7, 11) is 1.86. The standard InChI is InChI=1S/C17H17ClFN3O2/c1-20-5-4-13(11-20)17(24)22-8-6-21(7-9-22)16(23)12-2-3-15(19)14(18)10-12/h2-5,10-11H,6-9H2,1H3. The predicted molar refractivity (Wildman–Crippen MR) is 88.6 cm³/mol. The van der Waals surface area contributed by atoms with E-state index in [1.807, 2.05) is 17.8 Å². The van der Waals surface area contributed by atoms with E-state index in [-0.39, 0.29) is 16.8 Å². The first-order valence-corrected chi connectivity index (χ1v) is 7.99. The maximum atomic E-state index is 13.2. The zero-order valence-corrected chi connectivity index (χ0v) is 14.0. The van der Waals surface area contributed by atoms with Crippen LogP contribution in [0.4, 0.5) is 4.39 Å².